The number of nitrogens with zero attached hydrogens (tertiary/aromatic N) is 6. The number of rotatable bonds is 11. The Morgan fingerprint density at radius 3 is 2.54 bits per heavy atom. The molecule has 3 aromatic rings. The van der Waals surface area contributed by atoms with Gasteiger partial charge < -0.3 is 20.7 Å². The number of methoxy groups -OCH3 is 1. The van der Waals surface area contributed by atoms with Crippen LogP contribution in [0.3, 0.4) is 0 Å². The lowest BCUT2D eigenvalue weighted by molar-refractivity contribution is -0.132. The molecule has 1 fully saturated rings. The maximum absolute atomic E-state index is 13.7. The van der Waals surface area contributed by atoms with Crippen LogP contribution in [0.5, 0.6) is 5.88 Å². The van der Waals surface area contributed by atoms with E-state index in [2.05, 4.69) is 31.3 Å². The van der Waals surface area contributed by atoms with Crippen molar-refractivity contribution in [2.24, 2.45) is 10.9 Å². The van der Waals surface area contributed by atoms with Crippen LogP contribution in [0, 0.1) is 16.7 Å². The highest BCUT2D eigenvalue weighted by atomic mass is 16.5. The van der Waals surface area contributed by atoms with Gasteiger partial charge in [-0.3, -0.25) is 30.2 Å². The number of hydrogen-bond donors (Lipinski definition) is 4. The smallest absolute Gasteiger partial charge is 0.237 e. The second-order valence-electron chi connectivity index (χ2n) is 11.7. The summed E-state index contributed by atoms with van der Waals surface area (Å²) in [6.45, 7) is 4.86. The molecular formula is C35H42N10O3. The minimum absolute atomic E-state index is 0.0494. The Morgan fingerprint density at radius 1 is 1.12 bits per heavy atom. The number of aliphatic imine (C=N–C) groups is 1. The maximum Gasteiger partial charge on any atom is 0.237 e. The number of nitrogen functional groups attached to an aromatic ring is 1. The number of carbonyl (C=O) groups excluding carboxylic acids is 2. The summed E-state index contributed by atoms with van der Waals surface area (Å²) in [6, 6.07) is 14.5. The number of amides is 2. The standard InChI is InChI=1S/C35H42N10O3/c1-4-45(29-11-10-28(36)33(42-29)32(37)26-9-12-30(48-3)40-19-26)35(47)27-13-16-43(20-27)21-31(46)44-17-14-24(15-18-44)23-5-7-25(8-6-23)34(38)41-22-39-2/h5-12,14,19,22,27,37H,4,13,15-18,20-21,36H2,1-3H3,(H2,38,39,41)/t27-/m1/s1. The van der Waals surface area contributed by atoms with Gasteiger partial charge in [0.15, 0.2) is 5.84 Å². The van der Waals surface area contributed by atoms with Gasteiger partial charge in [-0.2, -0.15) is 0 Å². The molecule has 13 heteroatoms. The number of nitrogens with two attached hydrogens (primary N) is 1. The molecule has 1 atom stereocenters. The molecule has 0 spiro atoms. The highest BCUT2D eigenvalue weighted by Gasteiger charge is 2.34. The highest BCUT2D eigenvalue weighted by molar-refractivity contribution is 6.12. The van der Waals surface area contributed by atoms with Crippen molar-refractivity contribution in [3.8, 4) is 5.88 Å². The Hall–Kier alpha value is -5.43. The van der Waals surface area contributed by atoms with Crippen molar-refractivity contribution in [2.45, 2.75) is 19.8 Å². The number of likely N-dealkylation sites (tertiary alicyclic amines) is 1. The van der Waals surface area contributed by atoms with Crippen LogP contribution < -0.4 is 20.7 Å². The predicted octanol–water partition coefficient (Wildman–Crippen LogP) is 3.05. The first-order valence-electron chi connectivity index (χ1n) is 16.0. The van der Waals surface area contributed by atoms with E-state index in [1.807, 2.05) is 36.1 Å². The summed E-state index contributed by atoms with van der Waals surface area (Å²) < 4.78 is 5.11. The first kappa shape index (κ1) is 33.9. The predicted molar refractivity (Wildman–Crippen MR) is 188 cm³/mol. The average Bonchev–Trinajstić information content (AvgIpc) is 3.59. The van der Waals surface area contributed by atoms with Crippen molar-refractivity contribution in [1.29, 1.82) is 10.8 Å². The van der Waals surface area contributed by atoms with Crippen LogP contribution in [0.1, 0.15) is 42.1 Å². The number of amidine groups is 1. The zero-order chi connectivity index (χ0) is 34.2. The van der Waals surface area contributed by atoms with Crippen LogP contribution in [-0.2, 0) is 9.59 Å². The second-order valence-corrected chi connectivity index (χ2v) is 11.7. The molecule has 2 aliphatic rings. The number of anilines is 2. The van der Waals surface area contributed by atoms with Crippen LogP contribution in [0.25, 0.3) is 5.57 Å². The molecule has 2 aliphatic heterocycles. The lowest BCUT2D eigenvalue weighted by atomic mass is 9.98. The van der Waals surface area contributed by atoms with Gasteiger partial charge in [0.25, 0.3) is 0 Å². The molecule has 2 amide bonds. The quantitative estimate of drug-likeness (QED) is 0.181. The third-order valence-corrected chi connectivity index (χ3v) is 8.64. The summed E-state index contributed by atoms with van der Waals surface area (Å²) in [4.78, 5) is 45.3. The van der Waals surface area contributed by atoms with Crippen LogP contribution in [0.15, 0.2) is 65.8 Å². The van der Waals surface area contributed by atoms with Crippen molar-refractivity contribution in [2.75, 3.05) is 64.1 Å². The monoisotopic (exact) mass is 650 g/mol. The molecular weight excluding hydrogens is 608 g/mol. The van der Waals surface area contributed by atoms with E-state index in [0.29, 0.717) is 62.1 Å². The molecule has 0 bridgehead atoms. The van der Waals surface area contributed by atoms with Gasteiger partial charge in [-0.1, -0.05) is 30.3 Å². The SMILES string of the molecule is CCN(C(=O)[C@@H]1CCN(CC(=O)N2CC=C(c3ccc(C(=N)/N=C\NC)cc3)CC2)C1)c1ccc(N)c(C(=N)c2ccc(OC)nc2)n1. The van der Waals surface area contributed by atoms with E-state index in [0.717, 1.165) is 17.5 Å². The number of ether oxygens (including phenoxy) is 1. The zero-order valence-corrected chi connectivity index (χ0v) is 27.6. The molecule has 1 aromatic carbocycles. The van der Waals surface area contributed by atoms with Gasteiger partial charge in [0.2, 0.25) is 17.7 Å². The summed E-state index contributed by atoms with van der Waals surface area (Å²) in [7, 11) is 3.26. The molecule has 5 N–H and O–H groups in total. The van der Waals surface area contributed by atoms with Crippen molar-refractivity contribution in [3.05, 3.63) is 83.2 Å². The number of aromatic nitrogens is 2. The normalized spacial score (nSPS) is 16.4. The average molecular weight is 651 g/mol. The van der Waals surface area contributed by atoms with E-state index in [1.54, 1.807) is 36.2 Å². The molecule has 1 saturated heterocycles. The third kappa shape index (κ3) is 7.74. The number of carbonyl (C=O) groups is 2. The molecule has 5 rings (SSSR count). The highest BCUT2D eigenvalue weighted by Crippen LogP contribution is 2.26. The van der Waals surface area contributed by atoms with Crippen molar-refractivity contribution in [3.63, 3.8) is 0 Å². The van der Waals surface area contributed by atoms with E-state index in [9.17, 15) is 9.59 Å². The molecule has 13 nitrogen and oxygen atoms in total. The van der Waals surface area contributed by atoms with Gasteiger partial charge >= 0.3 is 0 Å². The Labute approximate surface area is 280 Å². The molecule has 0 unspecified atom stereocenters. The lowest BCUT2D eigenvalue weighted by Gasteiger charge is -2.29. The van der Waals surface area contributed by atoms with Gasteiger partial charge in [0, 0.05) is 56.6 Å². The minimum atomic E-state index is -0.271. The summed E-state index contributed by atoms with van der Waals surface area (Å²) in [5.74, 6) is 0.772. The second kappa shape index (κ2) is 15.4. The number of pyridine rings is 2. The van der Waals surface area contributed by atoms with E-state index >= 15 is 0 Å². The first-order chi connectivity index (χ1) is 23.2. The van der Waals surface area contributed by atoms with E-state index < -0.39 is 0 Å². The largest absolute Gasteiger partial charge is 0.481 e. The van der Waals surface area contributed by atoms with Crippen LogP contribution in [0.4, 0.5) is 11.5 Å². The molecule has 250 valence electrons. The summed E-state index contributed by atoms with van der Waals surface area (Å²) in [6.07, 6.45) is 6.50. The van der Waals surface area contributed by atoms with Crippen LogP contribution in [0.2, 0.25) is 0 Å². The first-order valence-corrected chi connectivity index (χ1v) is 16.0. The van der Waals surface area contributed by atoms with E-state index in [1.165, 1.54) is 25.2 Å². The molecule has 0 saturated carbocycles. The fraction of sp³-hybridized carbons (Fsp3) is 0.343. The molecule has 4 heterocycles. The number of nitrogens with one attached hydrogen (secondary N) is 3. The van der Waals surface area contributed by atoms with Crippen LogP contribution >= 0.6 is 0 Å². The van der Waals surface area contributed by atoms with Gasteiger partial charge in [0.05, 0.1) is 37.3 Å². The minimum Gasteiger partial charge on any atom is -0.481 e. The Balaban J connectivity index is 1.16. The van der Waals surface area contributed by atoms with Gasteiger partial charge in [0.1, 0.15) is 11.5 Å². The summed E-state index contributed by atoms with van der Waals surface area (Å²) in [5, 5.41) is 19.5. The Bertz CT molecular complexity index is 1720. The number of hydrogen-bond acceptors (Lipinski definition) is 9. The van der Waals surface area contributed by atoms with E-state index in [4.69, 9.17) is 21.3 Å². The van der Waals surface area contributed by atoms with Gasteiger partial charge in [-0.25, -0.2) is 15.0 Å². The Morgan fingerprint density at radius 2 is 1.90 bits per heavy atom. The third-order valence-electron chi connectivity index (χ3n) is 8.64. The molecule has 2 aromatic heterocycles. The lowest BCUT2D eigenvalue weighted by Crippen LogP contribution is -2.42. The molecule has 48 heavy (non-hydrogen) atoms. The Kier molecular flexibility index (Phi) is 10.9. The molecule has 0 radical (unpaired) electrons. The van der Waals surface area contributed by atoms with Crippen molar-refractivity contribution in [1.82, 2.24) is 25.1 Å². The molecule has 0 aliphatic carbocycles. The van der Waals surface area contributed by atoms with Crippen LogP contribution in [-0.4, -0.2) is 103 Å². The zero-order valence-electron chi connectivity index (χ0n) is 27.6. The topological polar surface area (TPSA) is 177 Å². The van der Waals surface area contributed by atoms with Crippen molar-refractivity contribution < 1.29 is 14.3 Å². The van der Waals surface area contributed by atoms with E-state index in [-0.39, 0.29) is 41.5 Å². The van der Waals surface area contributed by atoms with Gasteiger partial charge in [-0.15, -0.1) is 0 Å². The number of benzene rings is 1. The van der Waals surface area contributed by atoms with Crippen molar-refractivity contribution >= 4 is 46.8 Å². The van der Waals surface area contributed by atoms with Gasteiger partial charge in [-0.05, 0) is 55.6 Å². The maximum atomic E-state index is 13.7. The fourth-order valence-electron chi connectivity index (χ4n) is 5.92. The summed E-state index contributed by atoms with van der Waals surface area (Å²) >= 11 is 0. The fourth-order valence-corrected chi connectivity index (χ4v) is 5.92. The summed E-state index contributed by atoms with van der Waals surface area (Å²) in [5.41, 5.74) is 10.4.